The lowest BCUT2D eigenvalue weighted by Crippen LogP contribution is -2.31. The molecule has 0 saturated carbocycles. The van der Waals surface area contributed by atoms with Crippen molar-refractivity contribution in [3.8, 4) is 28.6 Å². The molecule has 0 aliphatic heterocycles. The van der Waals surface area contributed by atoms with Gasteiger partial charge in [0.05, 0.1) is 29.8 Å². The van der Waals surface area contributed by atoms with Crippen LogP contribution in [0.1, 0.15) is 29.3 Å². The Morgan fingerprint density at radius 3 is 2.31 bits per heavy atom. The summed E-state index contributed by atoms with van der Waals surface area (Å²) in [7, 11) is 3.44. The van der Waals surface area contributed by atoms with E-state index in [0.717, 1.165) is 23.2 Å². The second-order valence-corrected chi connectivity index (χ2v) is 8.49. The summed E-state index contributed by atoms with van der Waals surface area (Å²) in [6.45, 7) is 2.90. The van der Waals surface area contributed by atoms with Crippen molar-refractivity contribution in [3.05, 3.63) is 95.0 Å². The molecule has 7 heteroatoms. The molecule has 4 aromatic rings. The van der Waals surface area contributed by atoms with Gasteiger partial charge in [-0.15, -0.1) is 0 Å². The topological polar surface area (TPSA) is 56.6 Å². The molecule has 3 aromatic carbocycles. The highest BCUT2D eigenvalue weighted by Crippen LogP contribution is 2.37. The molecule has 0 spiro atoms. The Labute approximate surface area is 210 Å². The molecule has 0 aliphatic carbocycles. The Balaban J connectivity index is 1.80. The van der Waals surface area contributed by atoms with Crippen LogP contribution in [0.3, 0.4) is 0 Å². The number of hydrogen-bond acceptors (Lipinski definition) is 4. The van der Waals surface area contributed by atoms with Crippen molar-refractivity contribution < 1.29 is 14.3 Å². The van der Waals surface area contributed by atoms with Crippen molar-refractivity contribution in [2.75, 3.05) is 13.7 Å². The quantitative estimate of drug-likeness (QED) is 0.266. The summed E-state index contributed by atoms with van der Waals surface area (Å²) in [6, 6.07) is 24.5. The van der Waals surface area contributed by atoms with E-state index in [4.69, 9.17) is 26.2 Å². The highest BCUT2D eigenvalue weighted by molar-refractivity contribution is 6.33. The maximum Gasteiger partial charge on any atom is 0.255 e. The monoisotopic (exact) mass is 489 g/mol. The lowest BCUT2D eigenvalue weighted by atomic mass is 10.1. The highest BCUT2D eigenvalue weighted by Gasteiger charge is 2.26. The number of aryl methyl sites for hydroxylation is 1. The van der Waals surface area contributed by atoms with Gasteiger partial charge in [-0.2, -0.15) is 5.10 Å². The van der Waals surface area contributed by atoms with Crippen LogP contribution in [0.5, 0.6) is 17.4 Å². The van der Waals surface area contributed by atoms with E-state index in [9.17, 15) is 4.79 Å². The molecule has 1 amide bonds. The van der Waals surface area contributed by atoms with Crippen LogP contribution < -0.4 is 9.47 Å². The maximum atomic E-state index is 13.5. The molecule has 6 nitrogen and oxygen atoms in total. The minimum atomic E-state index is -0.136. The van der Waals surface area contributed by atoms with Gasteiger partial charge in [-0.1, -0.05) is 73.1 Å². The molecule has 4 rings (SSSR count). The molecule has 1 heterocycles. The zero-order valence-corrected chi connectivity index (χ0v) is 20.8. The second kappa shape index (κ2) is 11.1. The van der Waals surface area contributed by atoms with Crippen LogP contribution in [0.15, 0.2) is 78.9 Å². The van der Waals surface area contributed by atoms with Crippen LogP contribution in [0, 0.1) is 0 Å². The van der Waals surface area contributed by atoms with Crippen molar-refractivity contribution in [1.29, 1.82) is 0 Å². The van der Waals surface area contributed by atoms with E-state index in [0.29, 0.717) is 41.1 Å². The molecule has 180 valence electrons. The van der Waals surface area contributed by atoms with E-state index in [1.54, 1.807) is 28.8 Å². The number of rotatable bonds is 9. The molecule has 35 heavy (non-hydrogen) atoms. The number of methoxy groups -OCH3 is 1. The van der Waals surface area contributed by atoms with Crippen molar-refractivity contribution in [2.45, 2.75) is 19.9 Å². The van der Waals surface area contributed by atoms with Crippen LogP contribution in [0.2, 0.25) is 5.02 Å². The number of nitrogens with zero attached hydrogens (tertiary/aromatic N) is 3. The first-order valence-corrected chi connectivity index (χ1v) is 11.9. The van der Waals surface area contributed by atoms with E-state index < -0.39 is 0 Å². The van der Waals surface area contributed by atoms with E-state index in [2.05, 4.69) is 0 Å². The van der Waals surface area contributed by atoms with E-state index in [-0.39, 0.29) is 5.91 Å². The first kappa shape index (κ1) is 24.4. The Morgan fingerprint density at radius 1 is 0.971 bits per heavy atom. The molecule has 0 bridgehead atoms. The smallest absolute Gasteiger partial charge is 0.255 e. The zero-order chi connectivity index (χ0) is 24.8. The average molecular weight is 490 g/mol. The molecule has 0 aliphatic rings. The SMILES string of the molecule is CCCN(Cc1c(-c2ccccc2)nn(C)c1Oc1ccccc1OC)C(=O)c1ccccc1Cl. The Kier molecular flexibility index (Phi) is 7.73. The van der Waals surface area contributed by atoms with Crippen molar-refractivity contribution >= 4 is 17.5 Å². The summed E-state index contributed by atoms with van der Waals surface area (Å²) in [5, 5.41) is 5.21. The van der Waals surface area contributed by atoms with Crippen molar-refractivity contribution in [3.63, 3.8) is 0 Å². The minimum absolute atomic E-state index is 0.136. The fourth-order valence-electron chi connectivity index (χ4n) is 3.98. The summed E-state index contributed by atoms with van der Waals surface area (Å²) >= 11 is 6.37. The van der Waals surface area contributed by atoms with Gasteiger partial charge in [-0.3, -0.25) is 4.79 Å². The Morgan fingerprint density at radius 2 is 1.63 bits per heavy atom. The predicted octanol–water partition coefficient (Wildman–Crippen LogP) is 6.59. The van der Waals surface area contributed by atoms with Crippen LogP contribution in [0.4, 0.5) is 0 Å². The second-order valence-electron chi connectivity index (χ2n) is 8.08. The molecule has 0 atom stereocenters. The van der Waals surface area contributed by atoms with E-state index in [1.807, 2.05) is 80.7 Å². The zero-order valence-electron chi connectivity index (χ0n) is 20.1. The summed E-state index contributed by atoms with van der Waals surface area (Å²) in [5.41, 5.74) is 2.97. The molecule has 0 radical (unpaired) electrons. The number of hydrogen-bond donors (Lipinski definition) is 0. The standard InChI is InChI=1S/C28H28ClN3O3/c1-4-18-32(27(33)21-14-8-9-15-23(21)29)19-22-26(20-12-6-5-7-13-20)30-31(2)28(22)35-25-17-11-10-16-24(25)34-3/h5-17H,4,18-19H2,1-3H3. The van der Waals surface area contributed by atoms with Crippen LogP contribution in [-0.4, -0.2) is 34.2 Å². The van der Waals surface area contributed by atoms with Crippen molar-refractivity contribution in [2.24, 2.45) is 7.05 Å². The first-order valence-electron chi connectivity index (χ1n) is 11.5. The van der Waals surface area contributed by atoms with Crippen LogP contribution in [-0.2, 0) is 13.6 Å². The third-order valence-electron chi connectivity index (χ3n) is 5.64. The van der Waals surface area contributed by atoms with Gasteiger partial charge < -0.3 is 14.4 Å². The van der Waals surface area contributed by atoms with Gasteiger partial charge in [-0.05, 0) is 30.7 Å². The third-order valence-corrected chi connectivity index (χ3v) is 5.97. The Bertz CT molecular complexity index is 1300. The number of carbonyl (C=O) groups is 1. The minimum Gasteiger partial charge on any atom is -0.493 e. The predicted molar refractivity (Wildman–Crippen MR) is 138 cm³/mol. The third kappa shape index (κ3) is 5.33. The Hall–Kier alpha value is -3.77. The molecule has 1 aromatic heterocycles. The lowest BCUT2D eigenvalue weighted by molar-refractivity contribution is 0.0742. The summed E-state index contributed by atoms with van der Waals surface area (Å²) in [5.74, 6) is 1.58. The molecule has 0 unspecified atom stereocenters. The summed E-state index contributed by atoms with van der Waals surface area (Å²) < 4.78 is 13.6. The summed E-state index contributed by atoms with van der Waals surface area (Å²) in [4.78, 5) is 15.3. The highest BCUT2D eigenvalue weighted by atomic mass is 35.5. The number of ether oxygens (including phenoxy) is 2. The fourth-order valence-corrected chi connectivity index (χ4v) is 4.19. The number of para-hydroxylation sites is 2. The number of halogens is 1. The van der Waals surface area contributed by atoms with Gasteiger partial charge in [-0.25, -0.2) is 4.68 Å². The first-order chi connectivity index (χ1) is 17.0. The molecule has 0 fully saturated rings. The van der Waals surface area contributed by atoms with Gasteiger partial charge in [0.1, 0.15) is 5.69 Å². The average Bonchev–Trinajstić information content (AvgIpc) is 3.19. The summed E-state index contributed by atoms with van der Waals surface area (Å²) in [6.07, 6.45) is 0.791. The van der Waals surface area contributed by atoms with Crippen LogP contribution in [0.25, 0.3) is 11.3 Å². The van der Waals surface area contributed by atoms with Crippen LogP contribution >= 0.6 is 11.6 Å². The van der Waals surface area contributed by atoms with Gasteiger partial charge in [0.25, 0.3) is 5.91 Å². The van der Waals surface area contributed by atoms with Gasteiger partial charge >= 0.3 is 0 Å². The molecule has 0 saturated heterocycles. The van der Waals surface area contributed by atoms with Gasteiger partial charge in [0.2, 0.25) is 5.88 Å². The van der Waals surface area contributed by atoms with E-state index >= 15 is 0 Å². The molecular weight excluding hydrogens is 462 g/mol. The van der Waals surface area contributed by atoms with Gasteiger partial charge in [0.15, 0.2) is 11.5 Å². The van der Waals surface area contributed by atoms with Crippen molar-refractivity contribution in [1.82, 2.24) is 14.7 Å². The number of carbonyl (C=O) groups excluding carboxylic acids is 1. The molecular formula is C28H28ClN3O3. The lowest BCUT2D eigenvalue weighted by Gasteiger charge is -2.23. The fraction of sp³-hybridized carbons (Fsp3) is 0.214. The normalized spacial score (nSPS) is 10.7. The molecule has 0 N–H and O–H groups in total. The van der Waals surface area contributed by atoms with Gasteiger partial charge in [0, 0.05) is 19.2 Å². The number of aromatic nitrogens is 2. The number of amides is 1. The number of benzene rings is 3. The largest absolute Gasteiger partial charge is 0.493 e. The maximum absolute atomic E-state index is 13.5. The van der Waals surface area contributed by atoms with E-state index in [1.165, 1.54) is 0 Å².